The number of para-hydroxylation sites is 2. The van der Waals surface area contributed by atoms with Gasteiger partial charge in [-0.25, -0.2) is 14.8 Å². The molecule has 0 saturated heterocycles. The van der Waals surface area contributed by atoms with Crippen molar-refractivity contribution in [2.24, 2.45) is 0 Å². The Bertz CT molecular complexity index is 1030. The second kappa shape index (κ2) is 7.92. The highest BCUT2D eigenvalue weighted by Gasteiger charge is 2.23. The van der Waals surface area contributed by atoms with Crippen molar-refractivity contribution >= 4 is 34.5 Å². The normalized spacial score (nSPS) is 11.0. The summed E-state index contributed by atoms with van der Waals surface area (Å²) in [5.41, 5.74) is 4.60. The molecule has 0 fully saturated rings. The van der Waals surface area contributed by atoms with Crippen molar-refractivity contribution in [1.29, 1.82) is 0 Å². The molecule has 0 bridgehead atoms. The molecule has 2 heterocycles. The Morgan fingerprint density at radius 3 is 2.44 bits per heavy atom. The first-order valence-corrected chi connectivity index (χ1v) is 9.66. The van der Waals surface area contributed by atoms with Gasteiger partial charge in [-0.1, -0.05) is 23.9 Å². The molecule has 6 nitrogen and oxygen atoms in total. The number of ketones is 1. The number of nitrogens with one attached hydrogen (secondary N) is 1. The van der Waals surface area contributed by atoms with Gasteiger partial charge in [0.2, 0.25) is 0 Å². The summed E-state index contributed by atoms with van der Waals surface area (Å²) in [6.07, 6.45) is 0. The van der Waals surface area contributed by atoms with Crippen molar-refractivity contribution in [3.05, 3.63) is 52.5 Å². The molecule has 0 aliphatic heterocycles. The standard InChI is InChI=1S/C20H21N3O3S/c1-5-26-20(25)18-11(2)17(12(3)22-18)16(24)10-27-19-13(4)21-14-8-6-7-9-15(14)23-19/h6-9,22H,5,10H2,1-4H3. The number of thioether (sulfide) groups is 1. The molecule has 0 atom stereocenters. The lowest BCUT2D eigenvalue weighted by Crippen LogP contribution is -2.08. The predicted octanol–water partition coefficient (Wildman–Crippen LogP) is 4.03. The highest BCUT2D eigenvalue weighted by molar-refractivity contribution is 8.00. The number of H-pyrrole nitrogens is 1. The minimum absolute atomic E-state index is 0.0591. The number of fused-ring (bicyclic) bond motifs is 1. The van der Waals surface area contributed by atoms with Gasteiger partial charge in [-0.2, -0.15) is 0 Å². The van der Waals surface area contributed by atoms with E-state index in [1.54, 1.807) is 20.8 Å². The Morgan fingerprint density at radius 1 is 1.11 bits per heavy atom. The molecule has 0 amide bonds. The summed E-state index contributed by atoms with van der Waals surface area (Å²) in [7, 11) is 0. The molecule has 27 heavy (non-hydrogen) atoms. The zero-order valence-electron chi connectivity index (χ0n) is 15.8. The number of hydrogen-bond acceptors (Lipinski definition) is 6. The van der Waals surface area contributed by atoms with E-state index in [1.807, 2.05) is 31.2 Å². The van der Waals surface area contributed by atoms with E-state index in [9.17, 15) is 9.59 Å². The van der Waals surface area contributed by atoms with Crippen LogP contribution in [0.5, 0.6) is 0 Å². The number of aromatic amines is 1. The van der Waals surface area contributed by atoms with Crippen molar-refractivity contribution < 1.29 is 14.3 Å². The first kappa shape index (κ1) is 19.1. The van der Waals surface area contributed by atoms with E-state index >= 15 is 0 Å². The van der Waals surface area contributed by atoms with Crippen LogP contribution in [0.15, 0.2) is 29.3 Å². The van der Waals surface area contributed by atoms with Gasteiger partial charge in [-0.05, 0) is 45.4 Å². The number of ether oxygens (including phenoxy) is 1. The van der Waals surface area contributed by atoms with Crippen molar-refractivity contribution in [1.82, 2.24) is 15.0 Å². The van der Waals surface area contributed by atoms with Gasteiger partial charge < -0.3 is 9.72 Å². The number of rotatable bonds is 6. The van der Waals surface area contributed by atoms with Crippen LogP contribution in [0.25, 0.3) is 11.0 Å². The zero-order valence-corrected chi connectivity index (χ0v) is 16.6. The highest BCUT2D eigenvalue weighted by atomic mass is 32.2. The van der Waals surface area contributed by atoms with Gasteiger partial charge in [-0.15, -0.1) is 0 Å². The summed E-state index contributed by atoms with van der Waals surface area (Å²) in [6.45, 7) is 7.47. The van der Waals surface area contributed by atoms with Gasteiger partial charge in [0.05, 0.1) is 29.1 Å². The molecule has 0 radical (unpaired) electrons. The van der Waals surface area contributed by atoms with Crippen LogP contribution < -0.4 is 0 Å². The number of aryl methyl sites for hydroxylation is 2. The van der Waals surface area contributed by atoms with E-state index in [4.69, 9.17) is 4.74 Å². The molecule has 0 saturated carbocycles. The maximum atomic E-state index is 12.8. The number of carbonyl (C=O) groups excluding carboxylic acids is 2. The van der Waals surface area contributed by atoms with E-state index in [1.165, 1.54) is 11.8 Å². The van der Waals surface area contributed by atoms with Gasteiger partial charge in [0.1, 0.15) is 10.7 Å². The quantitative estimate of drug-likeness (QED) is 0.393. The molecule has 1 N–H and O–H groups in total. The summed E-state index contributed by atoms with van der Waals surface area (Å²) in [6, 6.07) is 7.65. The Balaban J connectivity index is 1.80. The van der Waals surface area contributed by atoms with Crippen molar-refractivity contribution in [2.75, 3.05) is 12.4 Å². The van der Waals surface area contributed by atoms with E-state index < -0.39 is 5.97 Å². The molecule has 0 unspecified atom stereocenters. The summed E-state index contributed by atoms with van der Waals surface area (Å²) in [5.74, 6) is -0.285. The number of esters is 1. The molecule has 7 heteroatoms. The van der Waals surface area contributed by atoms with Gasteiger partial charge >= 0.3 is 5.97 Å². The molecule has 0 aliphatic rings. The van der Waals surface area contributed by atoms with Crippen LogP contribution in [0, 0.1) is 20.8 Å². The monoisotopic (exact) mass is 383 g/mol. The second-order valence-electron chi connectivity index (χ2n) is 6.16. The Kier molecular flexibility index (Phi) is 5.60. The average Bonchev–Trinajstić information content (AvgIpc) is 2.94. The molecule has 0 spiro atoms. The fourth-order valence-corrected chi connectivity index (χ4v) is 3.82. The lowest BCUT2D eigenvalue weighted by molar-refractivity contribution is 0.0519. The second-order valence-corrected chi connectivity index (χ2v) is 7.12. The summed E-state index contributed by atoms with van der Waals surface area (Å²) >= 11 is 1.36. The van der Waals surface area contributed by atoms with Gasteiger partial charge in [0.25, 0.3) is 0 Å². The maximum absolute atomic E-state index is 12.8. The Hall–Kier alpha value is -2.67. The fourth-order valence-electron chi connectivity index (χ4n) is 2.99. The van der Waals surface area contributed by atoms with Crippen molar-refractivity contribution in [2.45, 2.75) is 32.7 Å². The van der Waals surface area contributed by atoms with Crippen LogP contribution in [-0.4, -0.2) is 39.1 Å². The first-order valence-electron chi connectivity index (χ1n) is 8.68. The lowest BCUT2D eigenvalue weighted by Gasteiger charge is -2.06. The number of nitrogens with zero attached hydrogens (tertiary/aromatic N) is 2. The number of carbonyl (C=O) groups is 2. The molecule has 3 aromatic rings. The van der Waals surface area contributed by atoms with E-state index in [0.717, 1.165) is 21.8 Å². The SMILES string of the molecule is CCOC(=O)c1[nH]c(C)c(C(=O)CSc2nc3ccccc3nc2C)c1C. The summed E-state index contributed by atoms with van der Waals surface area (Å²) in [5, 5.41) is 0.735. The average molecular weight is 383 g/mol. The third-order valence-corrected chi connectivity index (χ3v) is 5.30. The zero-order chi connectivity index (χ0) is 19.6. The lowest BCUT2D eigenvalue weighted by atomic mass is 10.1. The highest BCUT2D eigenvalue weighted by Crippen LogP contribution is 2.25. The van der Waals surface area contributed by atoms with Crippen LogP contribution >= 0.6 is 11.8 Å². The molecule has 1 aromatic carbocycles. The van der Waals surface area contributed by atoms with E-state index in [-0.39, 0.29) is 18.1 Å². The minimum atomic E-state index is -0.443. The van der Waals surface area contributed by atoms with Crippen LogP contribution in [0.2, 0.25) is 0 Å². The fraction of sp³-hybridized carbons (Fsp3) is 0.300. The molecule has 140 valence electrons. The largest absolute Gasteiger partial charge is 0.461 e. The molecule has 2 aromatic heterocycles. The van der Waals surface area contributed by atoms with Gasteiger partial charge in [0, 0.05) is 11.3 Å². The van der Waals surface area contributed by atoms with Gasteiger partial charge in [-0.3, -0.25) is 4.79 Å². The van der Waals surface area contributed by atoms with E-state index in [2.05, 4.69) is 15.0 Å². The predicted molar refractivity (Wildman–Crippen MR) is 106 cm³/mol. The van der Waals surface area contributed by atoms with Crippen LogP contribution in [0.3, 0.4) is 0 Å². The minimum Gasteiger partial charge on any atom is -0.461 e. The third-order valence-electron chi connectivity index (χ3n) is 4.24. The Morgan fingerprint density at radius 2 is 1.78 bits per heavy atom. The number of hydrogen-bond donors (Lipinski definition) is 1. The van der Waals surface area contributed by atoms with Crippen molar-refractivity contribution in [3.63, 3.8) is 0 Å². The molecular weight excluding hydrogens is 362 g/mol. The molecule has 0 aliphatic carbocycles. The number of benzene rings is 1. The number of aromatic nitrogens is 3. The third kappa shape index (κ3) is 3.88. The van der Waals surface area contributed by atoms with E-state index in [0.29, 0.717) is 22.5 Å². The smallest absolute Gasteiger partial charge is 0.355 e. The summed E-state index contributed by atoms with van der Waals surface area (Å²) < 4.78 is 5.04. The Labute approximate surface area is 161 Å². The maximum Gasteiger partial charge on any atom is 0.355 e. The van der Waals surface area contributed by atoms with Crippen LogP contribution in [0.4, 0.5) is 0 Å². The first-order chi connectivity index (χ1) is 12.9. The summed E-state index contributed by atoms with van der Waals surface area (Å²) in [4.78, 5) is 36.9. The molecular formula is C20H21N3O3S. The topological polar surface area (TPSA) is 84.9 Å². The molecule has 3 rings (SSSR count). The van der Waals surface area contributed by atoms with Crippen LogP contribution in [0.1, 0.15) is 44.7 Å². The van der Waals surface area contributed by atoms with Crippen LogP contribution in [-0.2, 0) is 4.74 Å². The van der Waals surface area contributed by atoms with Crippen molar-refractivity contribution in [3.8, 4) is 0 Å². The van der Waals surface area contributed by atoms with Gasteiger partial charge in [0.15, 0.2) is 5.78 Å². The number of Topliss-reactive ketones (excluding diaryl/α,β-unsaturated/α-hetero) is 1.